The number of hydrogen-bond acceptors (Lipinski definition) is 6. The van der Waals surface area contributed by atoms with Crippen LogP contribution < -0.4 is 0 Å². The van der Waals surface area contributed by atoms with Crippen LogP contribution in [0.25, 0.3) is 11.5 Å². The molecule has 0 radical (unpaired) electrons. The van der Waals surface area contributed by atoms with Crippen molar-refractivity contribution in [2.24, 2.45) is 11.1 Å². The molecule has 0 fully saturated rings. The van der Waals surface area contributed by atoms with Crippen molar-refractivity contribution < 1.29 is 14.2 Å². The van der Waals surface area contributed by atoms with E-state index in [0.717, 1.165) is 25.0 Å². The smallest absolute Gasteiger partial charge is 0.230 e. The van der Waals surface area contributed by atoms with Crippen LogP contribution in [0.1, 0.15) is 57.8 Å². The van der Waals surface area contributed by atoms with Crippen LogP contribution >= 0.6 is 0 Å². The number of nitrogens with one attached hydrogen (secondary N) is 1. The molecule has 27 heavy (non-hydrogen) atoms. The van der Waals surface area contributed by atoms with E-state index in [1.165, 1.54) is 0 Å². The lowest BCUT2D eigenvalue weighted by Crippen LogP contribution is -2.24. The maximum atomic E-state index is 12.1. The molecule has 1 aliphatic heterocycles. The second-order valence-electron chi connectivity index (χ2n) is 6.72. The Bertz CT molecular complexity index is 829. The Labute approximate surface area is 158 Å². The highest BCUT2D eigenvalue weighted by Crippen LogP contribution is 2.25. The van der Waals surface area contributed by atoms with E-state index in [-0.39, 0.29) is 23.7 Å². The number of aromatic amines is 1. The van der Waals surface area contributed by atoms with Crippen molar-refractivity contribution >= 4 is 12.0 Å². The van der Waals surface area contributed by atoms with Crippen LogP contribution in [0.5, 0.6) is 0 Å². The topological polar surface area (TPSA) is 93.4 Å². The molecule has 1 N–H and O–H groups in total. The van der Waals surface area contributed by atoms with Crippen LogP contribution in [0.4, 0.5) is 0 Å². The largest absolute Gasteiger partial charge is 0.393 e. The molecule has 7 heteroatoms. The minimum Gasteiger partial charge on any atom is -0.393 e. The normalized spacial score (nSPS) is 19.8. The van der Waals surface area contributed by atoms with Crippen molar-refractivity contribution in [3.63, 3.8) is 0 Å². The van der Waals surface area contributed by atoms with Crippen molar-refractivity contribution in [2.45, 2.75) is 58.0 Å². The Kier molecular flexibility index (Phi) is 6.42. The molecule has 7 nitrogen and oxygen atoms in total. The van der Waals surface area contributed by atoms with Gasteiger partial charge in [-0.1, -0.05) is 23.2 Å². The molecule has 0 bridgehead atoms. The quantitative estimate of drug-likeness (QED) is 0.457. The number of carbonyl (C=O) groups excluding carboxylic acids is 1. The fourth-order valence-corrected chi connectivity index (χ4v) is 3.01. The van der Waals surface area contributed by atoms with Gasteiger partial charge in [0, 0.05) is 25.0 Å². The molecular formula is C20H24N4O3. The summed E-state index contributed by atoms with van der Waals surface area (Å²) in [5.74, 6) is 6.80. The summed E-state index contributed by atoms with van der Waals surface area (Å²) in [5, 5.41) is 7.79. The molecule has 3 atom stereocenters. The number of unbranched alkanes of at least 4 members (excludes halogenated alkanes) is 1. The Balaban J connectivity index is 1.47. The first-order valence-corrected chi connectivity index (χ1v) is 9.36. The van der Waals surface area contributed by atoms with Gasteiger partial charge in [-0.25, -0.2) is 0 Å². The lowest BCUT2D eigenvalue weighted by atomic mass is 9.97. The van der Waals surface area contributed by atoms with Crippen LogP contribution in [-0.2, 0) is 9.63 Å². The van der Waals surface area contributed by atoms with E-state index in [4.69, 9.17) is 9.36 Å². The second kappa shape index (κ2) is 9.17. The first kappa shape index (κ1) is 18.9. The Morgan fingerprint density at radius 3 is 3.11 bits per heavy atom. The van der Waals surface area contributed by atoms with Crippen LogP contribution in [0.2, 0.25) is 0 Å². The molecule has 2 aromatic heterocycles. The average molecular weight is 368 g/mol. The third-order valence-electron chi connectivity index (χ3n) is 4.59. The van der Waals surface area contributed by atoms with Gasteiger partial charge in [0.2, 0.25) is 17.5 Å². The standard InChI is InChI=1S/C20H24N4O3/c1-3-15(20-23-19(24-27-20)17-9-7-11-21-17)8-5-4-6-10-18(25)16-12-14(2)26-22-13-16/h7,9,11,13-16,21H,3-5,8,12H2,1-2H3/t14?,15-,16?/m1/s1. The molecule has 2 unspecified atom stereocenters. The molecule has 142 valence electrons. The number of rotatable bonds is 7. The summed E-state index contributed by atoms with van der Waals surface area (Å²) in [6.45, 7) is 4.00. The molecule has 0 saturated carbocycles. The van der Waals surface area contributed by atoms with Crippen molar-refractivity contribution in [1.29, 1.82) is 0 Å². The molecule has 0 saturated heterocycles. The maximum Gasteiger partial charge on any atom is 0.230 e. The number of hydrogen-bond donors (Lipinski definition) is 1. The Hall–Kier alpha value is -2.88. The average Bonchev–Trinajstić information content (AvgIpc) is 3.36. The number of nitrogens with zero attached hydrogens (tertiary/aromatic N) is 3. The molecule has 0 aliphatic carbocycles. The van der Waals surface area contributed by atoms with E-state index in [1.54, 1.807) is 6.21 Å². The number of carbonyl (C=O) groups is 1. The van der Waals surface area contributed by atoms with Crippen molar-refractivity contribution in [1.82, 2.24) is 15.1 Å². The Morgan fingerprint density at radius 2 is 2.37 bits per heavy atom. The zero-order chi connectivity index (χ0) is 19.1. The van der Waals surface area contributed by atoms with E-state index in [0.29, 0.717) is 24.6 Å². The van der Waals surface area contributed by atoms with Crippen LogP contribution in [0.3, 0.4) is 0 Å². The number of ketones is 1. The van der Waals surface area contributed by atoms with Crippen LogP contribution in [0, 0.1) is 17.8 Å². The number of H-pyrrole nitrogens is 1. The third-order valence-corrected chi connectivity index (χ3v) is 4.59. The summed E-state index contributed by atoms with van der Waals surface area (Å²) in [6, 6.07) is 3.81. The second-order valence-corrected chi connectivity index (χ2v) is 6.72. The summed E-state index contributed by atoms with van der Waals surface area (Å²) in [4.78, 5) is 24.7. The fraction of sp³-hybridized carbons (Fsp3) is 0.500. The highest BCUT2D eigenvalue weighted by atomic mass is 16.6. The van der Waals surface area contributed by atoms with Gasteiger partial charge in [0.15, 0.2) is 0 Å². The molecule has 1 aliphatic rings. The molecule has 0 spiro atoms. The SMILES string of the molecule is CC[C@H](CCCC#CC(=O)C1C=NOC(C)C1)c1nc(-c2ccc[nH]2)no1. The summed E-state index contributed by atoms with van der Waals surface area (Å²) < 4.78 is 5.43. The number of oxime groups is 1. The molecule has 2 aromatic rings. The van der Waals surface area contributed by atoms with Crippen molar-refractivity contribution in [3.8, 4) is 23.4 Å². The van der Waals surface area contributed by atoms with Crippen molar-refractivity contribution in [2.75, 3.05) is 0 Å². The van der Waals surface area contributed by atoms with E-state index >= 15 is 0 Å². The van der Waals surface area contributed by atoms with Gasteiger partial charge in [-0.05, 0) is 44.2 Å². The minimum atomic E-state index is -0.255. The first-order valence-electron chi connectivity index (χ1n) is 9.36. The Morgan fingerprint density at radius 1 is 1.48 bits per heavy atom. The summed E-state index contributed by atoms with van der Waals surface area (Å²) in [6.07, 6.45) is 7.30. The zero-order valence-corrected chi connectivity index (χ0v) is 15.6. The number of aromatic nitrogens is 3. The van der Waals surface area contributed by atoms with Crippen molar-refractivity contribution in [3.05, 3.63) is 24.2 Å². The van der Waals surface area contributed by atoms with Gasteiger partial charge in [0.25, 0.3) is 0 Å². The van der Waals surface area contributed by atoms with Crippen LogP contribution in [0.15, 0.2) is 28.0 Å². The van der Waals surface area contributed by atoms with Gasteiger partial charge in [-0.2, -0.15) is 4.98 Å². The van der Waals surface area contributed by atoms with E-state index in [9.17, 15) is 4.79 Å². The minimum absolute atomic E-state index is 0.0404. The molecule has 0 amide bonds. The lowest BCUT2D eigenvalue weighted by molar-refractivity contribution is -0.117. The van der Waals surface area contributed by atoms with E-state index in [1.807, 2.05) is 25.3 Å². The van der Waals surface area contributed by atoms with E-state index in [2.05, 4.69) is 39.0 Å². The third kappa shape index (κ3) is 5.07. The van der Waals surface area contributed by atoms with Gasteiger partial charge in [-0.15, -0.1) is 0 Å². The predicted octanol–water partition coefficient (Wildman–Crippen LogP) is 3.71. The van der Waals surface area contributed by atoms with Crippen LogP contribution in [-0.4, -0.2) is 33.2 Å². The van der Waals surface area contributed by atoms with Gasteiger partial charge >= 0.3 is 0 Å². The van der Waals surface area contributed by atoms with Gasteiger partial charge in [0.1, 0.15) is 6.10 Å². The highest BCUT2D eigenvalue weighted by molar-refractivity contribution is 6.05. The van der Waals surface area contributed by atoms with Gasteiger partial charge in [-0.3, -0.25) is 4.79 Å². The summed E-state index contributed by atoms with van der Waals surface area (Å²) in [7, 11) is 0. The highest BCUT2D eigenvalue weighted by Gasteiger charge is 2.22. The molecule has 3 rings (SSSR count). The van der Waals surface area contributed by atoms with Gasteiger partial charge in [0.05, 0.1) is 17.8 Å². The lowest BCUT2D eigenvalue weighted by Gasteiger charge is -2.17. The van der Waals surface area contributed by atoms with Gasteiger partial charge < -0.3 is 14.3 Å². The fourth-order valence-electron chi connectivity index (χ4n) is 3.01. The predicted molar refractivity (Wildman–Crippen MR) is 101 cm³/mol. The zero-order valence-electron chi connectivity index (χ0n) is 15.6. The molecular weight excluding hydrogens is 344 g/mol. The molecule has 3 heterocycles. The molecule has 0 aromatic carbocycles. The van der Waals surface area contributed by atoms with E-state index < -0.39 is 0 Å². The monoisotopic (exact) mass is 368 g/mol. The first-order chi connectivity index (χ1) is 13.2. The summed E-state index contributed by atoms with van der Waals surface area (Å²) >= 11 is 0. The number of Topliss-reactive ketones (excluding diaryl/α,β-unsaturated/α-hetero) is 1. The summed E-state index contributed by atoms with van der Waals surface area (Å²) in [5.41, 5.74) is 0.843. The maximum absolute atomic E-state index is 12.1.